The van der Waals surface area contributed by atoms with Crippen molar-refractivity contribution < 1.29 is 32.6 Å². The Morgan fingerprint density at radius 3 is 2.23 bits per heavy atom. The van der Waals surface area contributed by atoms with Crippen LogP contribution >= 0.6 is 0 Å². The maximum Gasteiger partial charge on any atom is 0.573 e. The highest BCUT2D eigenvalue weighted by atomic mass is 19.4. The highest BCUT2D eigenvalue weighted by Crippen LogP contribution is 2.32. The topological polar surface area (TPSA) is 75.6 Å². The molecule has 2 rings (SSSR count). The van der Waals surface area contributed by atoms with Crippen molar-refractivity contribution in [3.05, 3.63) is 24.3 Å². The second-order valence-electron chi connectivity index (χ2n) is 5.11. The third-order valence-electron chi connectivity index (χ3n) is 3.51. The van der Waals surface area contributed by atoms with Gasteiger partial charge in [0.05, 0.1) is 5.92 Å². The number of alkyl halides is 3. The van der Waals surface area contributed by atoms with Crippen LogP contribution in [0.25, 0.3) is 0 Å². The van der Waals surface area contributed by atoms with Crippen molar-refractivity contribution in [1.82, 2.24) is 0 Å². The molecular formula is C14H14F3NO4. The van der Waals surface area contributed by atoms with Crippen LogP contribution < -0.4 is 10.1 Å². The van der Waals surface area contributed by atoms with Crippen LogP contribution in [0.2, 0.25) is 0 Å². The first kappa shape index (κ1) is 16.1. The van der Waals surface area contributed by atoms with Crippen molar-refractivity contribution in [3.8, 4) is 5.75 Å². The summed E-state index contributed by atoms with van der Waals surface area (Å²) in [4.78, 5) is 22.8. The highest BCUT2D eigenvalue weighted by Gasteiger charge is 2.34. The van der Waals surface area contributed by atoms with E-state index in [1.165, 1.54) is 12.1 Å². The molecule has 0 saturated heterocycles. The molecule has 0 unspecified atom stereocenters. The summed E-state index contributed by atoms with van der Waals surface area (Å²) in [6, 6.07) is 4.78. The first-order valence-corrected chi connectivity index (χ1v) is 6.64. The Bertz CT molecular complexity index is 556. The van der Waals surface area contributed by atoms with Crippen LogP contribution in [0.1, 0.15) is 19.3 Å². The number of nitrogens with one attached hydrogen (secondary N) is 1. The molecule has 0 aliphatic heterocycles. The molecule has 1 aliphatic rings. The fraction of sp³-hybridized carbons (Fsp3) is 0.429. The van der Waals surface area contributed by atoms with Gasteiger partial charge in [0.15, 0.2) is 0 Å². The molecule has 1 saturated carbocycles. The summed E-state index contributed by atoms with van der Waals surface area (Å²) in [5.74, 6) is -2.53. The molecule has 0 bridgehead atoms. The van der Waals surface area contributed by atoms with Crippen molar-refractivity contribution >= 4 is 17.6 Å². The second kappa shape index (κ2) is 6.25. The van der Waals surface area contributed by atoms with E-state index < -0.39 is 24.2 Å². The number of carboxylic acid groups (broad SMARTS) is 1. The molecule has 0 radical (unpaired) electrons. The number of hydrogen-bond acceptors (Lipinski definition) is 3. The zero-order chi connectivity index (χ0) is 16.3. The molecule has 1 aromatic rings. The van der Waals surface area contributed by atoms with Crippen molar-refractivity contribution in [3.63, 3.8) is 0 Å². The van der Waals surface area contributed by atoms with E-state index in [1.807, 2.05) is 0 Å². The summed E-state index contributed by atoms with van der Waals surface area (Å²) in [5, 5.41) is 11.5. The molecule has 2 N–H and O–H groups in total. The van der Waals surface area contributed by atoms with Gasteiger partial charge in [0.1, 0.15) is 5.75 Å². The van der Waals surface area contributed by atoms with Crippen LogP contribution in [-0.2, 0) is 9.59 Å². The van der Waals surface area contributed by atoms with Crippen molar-refractivity contribution in [1.29, 1.82) is 0 Å². The monoisotopic (exact) mass is 317 g/mol. The van der Waals surface area contributed by atoms with Crippen LogP contribution in [0.3, 0.4) is 0 Å². The molecule has 5 nitrogen and oxygen atoms in total. The van der Waals surface area contributed by atoms with Crippen LogP contribution in [0.5, 0.6) is 5.75 Å². The first-order valence-electron chi connectivity index (χ1n) is 6.64. The van der Waals surface area contributed by atoms with Gasteiger partial charge in [-0.1, -0.05) is 0 Å². The fourth-order valence-electron chi connectivity index (χ4n) is 2.43. The number of rotatable bonds is 4. The van der Waals surface area contributed by atoms with Gasteiger partial charge in [-0.15, -0.1) is 13.2 Å². The number of benzene rings is 1. The van der Waals surface area contributed by atoms with Crippen LogP contribution in [-0.4, -0.2) is 23.3 Å². The number of carbonyl (C=O) groups excluding carboxylic acids is 1. The van der Waals surface area contributed by atoms with Gasteiger partial charge in [-0.05, 0) is 43.5 Å². The molecule has 0 aromatic heterocycles. The Hall–Kier alpha value is -2.25. The summed E-state index contributed by atoms with van der Waals surface area (Å²) in [6.45, 7) is 0. The molecule has 120 valence electrons. The molecule has 1 amide bonds. The third kappa shape index (κ3) is 4.37. The minimum absolute atomic E-state index is 0.274. The molecular weight excluding hydrogens is 303 g/mol. The number of hydrogen-bond donors (Lipinski definition) is 2. The maximum atomic E-state index is 12.0. The van der Waals surface area contributed by atoms with Gasteiger partial charge < -0.3 is 15.2 Å². The Morgan fingerprint density at radius 2 is 1.73 bits per heavy atom. The summed E-state index contributed by atoms with van der Waals surface area (Å²) < 4.78 is 39.8. The smallest absolute Gasteiger partial charge is 0.481 e. The van der Waals surface area contributed by atoms with E-state index in [-0.39, 0.29) is 18.1 Å². The van der Waals surface area contributed by atoms with E-state index in [0.29, 0.717) is 18.5 Å². The summed E-state index contributed by atoms with van der Waals surface area (Å²) in [5.41, 5.74) is 0.332. The molecule has 2 atom stereocenters. The van der Waals surface area contributed by atoms with Gasteiger partial charge in [0.25, 0.3) is 0 Å². The number of anilines is 1. The lowest BCUT2D eigenvalue weighted by molar-refractivity contribution is -0.274. The highest BCUT2D eigenvalue weighted by molar-refractivity contribution is 5.93. The van der Waals surface area contributed by atoms with E-state index in [1.54, 1.807) is 0 Å². The lowest BCUT2D eigenvalue weighted by Gasteiger charge is -2.12. The standard InChI is InChI=1S/C14H14F3NO4/c15-14(16,17)22-11-5-3-10(4-6-11)18-12(19)8-1-2-9(7-8)13(20)21/h3-6,8-9H,1-2,7H2,(H,18,19)(H,20,21)/t8-,9+/m0/s1. The fourth-order valence-corrected chi connectivity index (χ4v) is 2.43. The maximum absolute atomic E-state index is 12.0. The molecule has 0 heterocycles. The Kier molecular flexibility index (Phi) is 4.58. The van der Waals surface area contributed by atoms with Crippen LogP contribution in [0.15, 0.2) is 24.3 Å². The first-order chi connectivity index (χ1) is 10.2. The van der Waals surface area contributed by atoms with Gasteiger partial charge in [0.2, 0.25) is 5.91 Å². The zero-order valence-corrected chi connectivity index (χ0v) is 11.4. The number of carboxylic acids is 1. The molecule has 8 heteroatoms. The summed E-state index contributed by atoms with van der Waals surface area (Å²) in [6.07, 6.45) is -3.55. The average molecular weight is 317 g/mol. The predicted molar refractivity (Wildman–Crippen MR) is 70.2 cm³/mol. The van der Waals surface area contributed by atoms with Gasteiger partial charge in [-0.2, -0.15) is 0 Å². The third-order valence-corrected chi connectivity index (χ3v) is 3.51. The van der Waals surface area contributed by atoms with Crippen LogP contribution in [0, 0.1) is 11.8 Å². The van der Waals surface area contributed by atoms with Gasteiger partial charge in [-0.25, -0.2) is 0 Å². The Morgan fingerprint density at radius 1 is 1.14 bits per heavy atom. The van der Waals surface area contributed by atoms with E-state index in [2.05, 4.69) is 10.1 Å². The van der Waals surface area contributed by atoms with Crippen LogP contribution in [0.4, 0.5) is 18.9 Å². The predicted octanol–water partition coefficient (Wildman–Crippen LogP) is 3.02. The molecule has 1 aromatic carbocycles. The number of halogens is 3. The van der Waals surface area contributed by atoms with Crippen molar-refractivity contribution in [2.24, 2.45) is 11.8 Å². The van der Waals surface area contributed by atoms with Gasteiger partial charge >= 0.3 is 12.3 Å². The van der Waals surface area contributed by atoms with E-state index in [9.17, 15) is 22.8 Å². The molecule has 0 spiro atoms. The largest absolute Gasteiger partial charge is 0.573 e. The summed E-state index contributed by atoms with van der Waals surface area (Å²) >= 11 is 0. The SMILES string of the molecule is O=C(O)[C@@H]1CC[C@H](C(=O)Nc2ccc(OC(F)(F)F)cc2)C1. The second-order valence-corrected chi connectivity index (χ2v) is 5.11. The van der Waals surface area contributed by atoms with Gasteiger partial charge in [-0.3, -0.25) is 9.59 Å². The quantitative estimate of drug-likeness (QED) is 0.895. The van der Waals surface area contributed by atoms with Crippen molar-refractivity contribution in [2.45, 2.75) is 25.6 Å². The average Bonchev–Trinajstić information content (AvgIpc) is 2.89. The zero-order valence-electron chi connectivity index (χ0n) is 11.4. The van der Waals surface area contributed by atoms with E-state index in [0.717, 1.165) is 12.1 Å². The lowest BCUT2D eigenvalue weighted by atomic mass is 10.0. The van der Waals surface area contributed by atoms with Gasteiger partial charge in [0, 0.05) is 11.6 Å². The van der Waals surface area contributed by atoms with E-state index in [4.69, 9.17) is 5.11 Å². The minimum atomic E-state index is -4.76. The number of amides is 1. The number of aliphatic carboxylic acids is 1. The van der Waals surface area contributed by atoms with E-state index >= 15 is 0 Å². The molecule has 22 heavy (non-hydrogen) atoms. The normalized spacial score (nSPS) is 21.4. The number of ether oxygens (including phenoxy) is 1. The summed E-state index contributed by atoms with van der Waals surface area (Å²) in [7, 11) is 0. The Balaban J connectivity index is 1.91. The minimum Gasteiger partial charge on any atom is -0.481 e. The lowest BCUT2D eigenvalue weighted by Crippen LogP contribution is -2.21. The molecule has 1 aliphatic carbocycles. The Labute approximate surface area is 124 Å². The molecule has 1 fully saturated rings. The number of carbonyl (C=O) groups is 2. The van der Waals surface area contributed by atoms with Crippen molar-refractivity contribution in [2.75, 3.05) is 5.32 Å².